The number of hydrogen-bond acceptors (Lipinski definition) is 3. The highest BCUT2D eigenvalue weighted by Crippen LogP contribution is 2.57. The van der Waals surface area contributed by atoms with Gasteiger partial charge in [-0.25, -0.2) is 8.42 Å². The van der Waals surface area contributed by atoms with Crippen molar-refractivity contribution in [3.05, 3.63) is 29.8 Å². The van der Waals surface area contributed by atoms with E-state index in [0.717, 1.165) is 17.9 Å². The standard InChI is InChI=1S/C16H24N2O2S/c1-3-21(19,20)18-15-6-4-5-13(8-15)7-12(2)17-16-9-14(10-16)11-16/h4-6,8,12,14,17-18H,3,7,9-11H2,1-2H3. The van der Waals surface area contributed by atoms with Gasteiger partial charge in [0.05, 0.1) is 5.75 Å². The molecule has 3 fully saturated rings. The second kappa shape index (κ2) is 5.29. The minimum Gasteiger partial charge on any atom is -0.308 e. The van der Waals surface area contributed by atoms with E-state index < -0.39 is 10.0 Å². The molecule has 1 unspecified atom stereocenters. The molecule has 3 saturated carbocycles. The lowest BCUT2D eigenvalue weighted by atomic mass is 9.49. The first kappa shape index (κ1) is 14.9. The molecule has 1 aromatic rings. The summed E-state index contributed by atoms with van der Waals surface area (Å²) in [6, 6.07) is 8.13. The minimum atomic E-state index is -3.20. The van der Waals surface area contributed by atoms with Crippen LogP contribution in [-0.2, 0) is 16.4 Å². The summed E-state index contributed by atoms with van der Waals surface area (Å²) >= 11 is 0. The molecule has 3 aliphatic carbocycles. The Bertz CT molecular complexity index is 610. The molecule has 0 radical (unpaired) electrons. The van der Waals surface area contributed by atoms with E-state index in [1.54, 1.807) is 13.0 Å². The van der Waals surface area contributed by atoms with Crippen molar-refractivity contribution in [2.45, 2.75) is 51.1 Å². The summed E-state index contributed by atoms with van der Waals surface area (Å²) in [4.78, 5) is 0. The molecule has 21 heavy (non-hydrogen) atoms. The molecule has 2 bridgehead atoms. The molecule has 0 spiro atoms. The second-order valence-corrected chi connectivity index (χ2v) is 8.73. The number of rotatable bonds is 7. The van der Waals surface area contributed by atoms with Crippen LogP contribution >= 0.6 is 0 Å². The van der Waals surface area contributed by atoms with Crippen LogP contribution in [0.25, 0.3) is 0 Å². The molecular weight excluding hydrogens is 284 g/mol. The average Bonchev–Trinajstić information content (AvgIpc) is 2.32. The fourth-order valence-corrected chi connectivity index (χ4v) is 4.23. The zero-order valence-corrected chi connectivity index (χ0v) is 13.5. The summed E-state index contributed by atoms with van der Waals surface area (Å²) in [6.45, 7) is 3.85. The summed E-state index contributed by atoms with van der Waals surface area (Å²) < 4.78 is 25.8. The fraction of sp³-hybridized carbons (Fsp3) is 0.625. The molecule has 0 aliphatic heterocycles. The molecule has 0 saturated heterocycles. The smallest absolute Gasteiger partial charge is 0.232 e. The van der Waals surface area contributed by atoms with Crippen molar-refractivity contribution in [2.24, 2.45) is 5.92 Å². The van der Waals surface area contributed by atoms with Gasteiger partial charge in [-0.3, -0.25) is 4.72 Å². The second-order valence-electron chi connectivity index (χ2n) is 6.71. The monoisotopic (exact) mass is 308 g/mol. The Balaban J connectivity index is 1.60. The van der Waals surface area contributed by atoms with Gasteiger partial charge in [0.25, 0.3) is 0 Å². The zero-order chi connectivity index (χ0) is 15.1. The van der Waals surface area contributed by atoms with Gasteiger partial charge in [0.1, 0.15) is 0 Å². The Morgan fingerprint density at radius 1 is 1.33 bits per heavy atom. The molecule has 1 atom stereocenters. The summed E-state index contributed by atoms with van der Waals surface area (Å²) in [5.41, 5.74) is 2.26. The first-order valence-electron chi connectivity index (χ1n) is 7.77. The van der Waals surface area contributed by atoms with E-state index in [1.165, 1.54) is 19.3 Å². The van der Waals surface area contributed by atoms with E-state index >= 15 is 0 Å². The van der Waals surface area contributed by atoms with Crippen LogP contribution in [0.2, 0.25) is 0 Å². The van der Waals surface area contributed by atoms with Gasteiger partial charge in [0.15, 0.2) is 0 Å². The molecule has 4 rings (SSSR count). The topological polar surface area (TPSA) is 58.2 Å². The van der Waals surface area contributed by atoms with Crippen molar-refractivity contribution in [1.29, 1.82) is 0 Å². The van der Waals surface area contributed by atoms with Crippen LogP contribution in [0.3, 0.4) is 0 Å². The summed E-state index contributed by atoms with van der Waals surface area (Å²) in [5, 5.41) is 3.75. The molecular formula is C16H24N2O2S. The number of sulfonamides is 1. The molecule has 0 heterocycles. The van der Waals surface area contributed by atoms with Crippen LogP contribution in [0.1, 0.15) is 38.7 Å². The number of nitrogens with one attached hydrogen (secondary N) is 2. The van der Waals surface area contributed by atoms with Crippen molar-refractivity contribution in [3.8, 4) is 0 Å². The molecule has 3 aliphatic rings. The van der Waals surface area contributed by atoms with Gasteiger partial charge in [-0.2, -0.15) is 0 Å². The predicted octanol–water partition coefficient (Wildman–Crippen LogP) is 2.52. The number of hydrogen-bond donors (Lipinski definition) is 2. The van der Waals surface area contributed by atoms with Gasteiger partial charge in [0.2, 0.25) is 10.0 Å². The lowest BCUT2D eigenvalue weighted by Gasteiger charge is -2.63. The van der Waals surface area contributed by atoms with Gasteiger partial charge >= 0.3 is 0 Å². The third-order valence-corrected chi connectivity index (χ3v) is 6.02. The Labute approximate surface area is 127 Å². The van der Waals surface area contributed by atoms with Gasteiger partial charge in [-0.15, -0.1) is 0 Å². The van der Waals surface area contributed by atoms with Crippen molar-refractivity contribution >= 4 is 15.7 Å². The predicted molar refractivity (Wildman–Crippen MR) is 85.9 cm³/mol. The maximum absolute atomic E-state index is 11.6. The van der Waals surface area contributed by atoms with Crippen molar-refractivity contribution in [2.75, 3.05) is 10.5 Å². The van der Waals surface area contributed by atoms with Crippen LogP contribution in [0.5, 0.6) is 0 Å². The zero-order valence-electron chi connectivity index (χ0n) is 12.7. The number of benzene rings is 1. The highest BCUT2D eigenvalue weighted by atomic mass is 32.2. The van der Waals surface area contributed by atoms with Crippen molar-refractivity contribution in [3.63, 3.8) is 0 Å². The van der Waals surface area contributed by atoms with Gasteiger partial charge in [-0.05, 0) is 63.1 Å². The lowest BCUT2D eigenvalue weighted by molar-refractivity contribution is -0.0574. The van der Waals surface area contributed by atoms with Crippen LogP contribution in [0.15, 0.2) is 24.3 Å². The van der Waals surface area contributed by atoms with Gasteiger partial charge < -0.3 is 5.32 Å². The Kier molecular flexibility index (Phi) is 3.74. The molecule has 0 aromatic heterocycles. The Morgan fingerprint density at radius 3 is 2.62 bits per heavy atom. The number of anilines is 1. The third kappa shape index (κ3) is 3.24. The minimum absolute atomic E-state index is 0.0961. The fourth-order valence-electron chi connectivity index (χ4n) is 3.60. The highest BCUT2D eigenvalue weighted by Gasteiger charge is 2.56. The first-order valence-corrected chi connectivity index (χ1v) is 9.42. The quantitative estimate of drug-likeness (QED) is 0.814. The van der Waals surface area contributed by atoms with E-state index in [1.807, 2.05) is 12.1 Å². The largest absolute Gasteiger partial charge is 0.308 e. The average molecular weight is 308 g/mol. The summed E-state index contributed by atoms with van der Waals surface area (Å²) in [7, 11) is -3.20. The van der Waals surface area contributed by atoms with Crippen molar-refractivity contribution < 1.29 is 8.42 Å². The van der Waals surface area contributed by atoms with Crippen LogP contribution < -0.4 is 10.0 Å². The Morgan fingerprint density at radius 2 is 2.05 bits per heavy atom. The Hall–Kier alpha value is -1.07. The highest BCUT2D eigenvalue weighted by molar-refractivity contribution is 7.92. The van der Waals surface area contributed by atoms with Crippen LogP contribution in [-0.4, -0.2) is 25.8 Å². The van der Waals surface area contributed by atoms with Crippen LogP contribution in [0.4, 0.5) is 5.69 Å². The van der Waals surface area contributed by atoms with Crippen molar-refractivity contribution in [1.82, 2.24) is 5.32 Å². The van der Waals surface area contributed by atoms with E-state index in [2.05, 4.69) is 23.0 Å². The van der Waals surface area contributed by atoms with E-state index in [9.17, 15) is 8.42 Å². The third-order valence-electron chi connectivity index (χ3n) is 4.71. The maximum atomic E-state index is 11.6. The normalized spacial score (nSPS) is 28.4. The maximum Gasteiger partial charge on any atom is 0.232 e. The molecule has 1 aromatic carbocycles. The molecule has 5 heteroatoms. The van der Waals surface area contributed by atoms with Gasteiger partial charge in [-0.1, -0.05) is 12.1 Å². The molecule has 4 nitrogen and oxygen atoms in total. The van der Waals surface area contributed by atoms with Crippen LogP contribution in [0, 0.1) is 5.92 Å². The molecule has 2 N–H and O–H groups in total. The van der Waals surface area contributed by atoms with E-state index in [-0.39, 0.29) is 5.75 Å². The first-order chi connectivity index (χ1) is 9.90. The lowest BCUT2D eigenvalue weighted by Crippen LogP contribution is -2.68. The molecule has 0 amide bonds. The SMILES string of the molecule is CCS(=O)(=O)Nc1cccc(CC(C)NC23CC(C2)C3)c1. The summed E-state index contributed by atoms with van der Waals surface area (Å²) in [5.74, 6) is 1.08. The van der Waals surface area contributed by atoms with Gasteiger partial charge in [0, 0.05) is 17.3 Å². The van der Waals surface area contributed by atoms with E-state index in [4.69, 9.17) is 0 Å². The molecule has 116 valence electrons. The summed E-state index contributed by atoms with van der Waals surface area (Å²) in [6.07, 6.45) is 4.95. The van der Waals surface area contributed by atoms with E-state index in [0.29, 0.717) is 17.3 Å².